The summed E-state index contributed by atoms with van der Waals surface area (Å²) in [5.41, 5.74) is 1.61. The van der Waals surface area contributed by atoms with Crippen molar-refractivity contribution >= 4 is 22.9 Å². The molecular formula is C23H15F3N2O2S. The lowest BCUT2D eigenvalue weighted by Crippen LogP contribution is -2.12. The molecule has 4 nitrogen and oxygen atoms in total. The lowest BCUT2D eigenvalue weighted by Gasteiger charge is -2.08. The zero-order valence-corrected chi connectivity index (χ0v) is 16.8. The molecule has 0 bridgehead atoms. The van der Waals surface area contributed by atoms with E-state index in [0.29, 0.717) is 16.4 Å². The Kier molecular flexibility index (Phi) is 5.99. The number of hydrogen-bond donors (Lipinski definition) is 1. The summed E-state index contributed by atoms with van der Waals surface area (Å²) in [6.45, 7) is -0.103. The van der Waals surface area contributed by atoms with Gasteiger partial charge in [0, 0.05) is 22.2 Å². The topological polar surface area (TPSA) is 51.2 Å². The highest BCUT2D eigenvalue weighted by atomic mass is 32.1. The van der Waals surface area contributed by atoms with Crippen molar-refractivity contribution in [2.24, 2.45) is 0 Å². The summed E-state index contributed by atoms with van der Waals surface area (Å²) >= 11 is 1.30. The van der Waals surface area contributed by atoms with Crippen LogP contribution in [-0.2, 0) is 6.61 Å². The van der Waals surface area contributed by atoms with E-state index < -0.39 is 17.5 Å². The van der Waals surface area contributed by atoms with Gasteiger partial charge in [0.25, 0.3) is 5.91 Å². The van der Waals surface area contributed by atoms with Gasteiger partial charge in [-0.3, -0.25) is 4.79 Å². The van der Waals surface area contributed by atoms with Crippen molar-refractivity contribution in [3.63, 3.8) is 0 Å². The monoisotopic (exact) mass is 440 g/mol. The quantitative estimate of drug-likeness (QED) is 0.397. The Balaban J connectivity index is 1.40. The van der Waals surface area contributed by atoms with Gasteiger partial charge >= 0.3 is 0 Å². The number of nitrogens with zero attached hydrogens (tertiary/aromatic N) is 1. The van der Waals surface area contributed by atoms with Gasteiger partial charge in [0.1, 0.15) is 40.5 Å². The molecule has 0 aliphatic rings. The van der Waals surface area contributed by atoms with Gasteiger partial charge in [-0.15, -0.1) is 11.3 Å². The first-order valence-electron chi connectivity index (χ1n) is 9.17. The minimum absolute atomic E-state index is 0.103. The van der Waals surface area contributed by atoms with Crippen LogP contribution in [0.15, 0.2) is 72.1 Å². The lowest BCUT2D eigenvalue weighted by atomic mass is 10.2. The van der Waals surface area contributed by atoms with Gasteiger partial charge in [0.2, 0.25) is 0 Å². The molecule has 0 aliphatic heterocycles. The number of aromatic nitrogens is 1. The van der Waals surface area contributed by atoms with Crippen LogP contribution in [-0.4, -0.2) is 10.9 Å². The van der Waals surface area contributed by atoms with Crippen LogP contribution in [0.1, 0.15) is 16.1 Å². The van der Waals surface area contributed by atoms with E-state index in [1.165, 1.54) is 35.6 Å². The Morgan fingerprint density at radius 3 is 2.39 bits per heavy atom. The standard InChI is InChI=1S/C23H15F3N2O2S/c24-16-3-6-18(7-4-16)27-22(29)21-13-31-23(28-21)14-1-8-19(9-2-14)30-12-15-11-17(25)5-10-20(15)26/h1-11,13H,12H2,(H,27,29). The maximum Gasteiger partial charge on any atom is 0.275 e. The van der Waals surface area contributed by atoms with Gasteiger partial charge in [0.15, 0.2) is 0 Å². The molecule has 4 rings (SSSR count). The molecule has 8 heteroatoms. The first kappa shape index (κ1) is 20.6. The van der Waals surface area contributed by atoms with Crippen LogP contribution in [0, 0.1) is 17.5 Å². The van der Waals surface area contributed by atoms with Crippen LogP contribution < -0.4 is 10.1 Å². The molecule has 0 fully saturated rings. The van der Waals surface area contributed by atoms with Gasteiger partial charge in [-0.25, -0.2) is 18.2 Å². The van der Waals surface area contributed by atoms with Gasteiger partial charge in [-0.05, 0) is 66.7 Å². The van der Waals surface area contributed by atoms with E-state index in [9.17, 15) is 18.0 Å². The van der Waals surface area contributed by atoms with Crippen LogP contribution in [0.2, 0.25) is 0 Å². The summed E-state index contributed by atoms with van der Waals surface area (Å²) in [5.74, 6) is -1.36. The van der Waals surface area contributed by atoms with E-state index >= 15 is 0 Å². The van der Waals surface area contributed by atoms with Gasteiger partial charge in [-0.1, -0.05) is 0 Å². The molecule has 0 saturated heterocycles. The third kappa shape index (κ3) is 5.10. The lowest BCUT2D eigenvalue weighted by molar-refractivity contribution is 0.102. The highest BCUT2D eigenvalue weighted by Gasteiger charge is 2.13. The Hall–Kier alpha value is -3.65. The first-order chi connectivity index (χ1) is 15.0. The number of rotatable bonds is 6. The molecule has 0 radical (unpaired) electrons. The average Bonchev–Trinajstić information content (AvgIpc) is 3.27. The molecule has 0 saturated carbocycles. The van der Waals surface area contributed by atoms with Gasteiger partial charge in [0.05, 0.1) is 0 Å². The van der Waals surface area contributed by atoms with Crippen molar-refractivity contribution in [3.8, 4) is 16.3 Å². The number of ether oxygens (including phenoxy) is 1. The molecule has 0 unspecified atom stereocenters. The van der Waals surface area contributed by atoms with E-state index in [0.717, 1.165) is 23.8 Å². The second kappa shape index (κ2) is 9.01. The molecule has 1 amide bonds. The summed E-state index contributed by atoms with van der Waals surface area (Å²) in [4.78, 5) is 16.7. The molecule has 4 aromatic rings. The Morgan fingerprint density at radius 2 is 1.65 bits per heavy atom. The normalized spacial score (nSPS) is 10.7. The molecular weight excluding hydrogens is 425 g/mol. The van der Waals surface area contributed by atoms with Crippen molar-refractivity contribution in [1.82, 2.24) is 4.98 Å². The molecule has 1 N–H and O–H groups in total. The fraction of sp³-hybridized carbons (Fsp3) is 0.0435. The zero-order valence-electron chi connectivity index (χ0n) is 15.9. The number of anilines is 1. The van der Waals surface area contributed by atoms with E-state index in [-0.39, 0.29) is 23.7 Å². The highest BCUT2D eigenvalue weighted by Crippen LogP contribution is 2.26. The number of halogens is 3. The number of carbonyl (C=O) groups excluding carboxylic acids is 1. The number of amides is 1. The summed E-state index contributed by atoms with van der Waals surface area (Å²) in [6.07, 6.45) is 0. The number of nitrogens with one attached hydrogen (secondary N) is 1. The molecule has 0 aliphatic carbocycles. The fourth-order valence-electron chi connectivity index (χ4n) is 2.75. The maximum absolute atomic E-state index is 13.7. The van der Waals surface area contributed by atoms with Crippen molar-refractivity contribution in [1.29, 1.82) is 0 Å². The molecule has 3 aromatic carbocycles. The SMILES string of the molecule is O=C(Nc1ccc(F)cc1)c1csc(-c2ccc(OCc3cc(F)ccc3F)cc2)n1. The molecule has 156 valence electrons. The van der Waals surface area contributed by atoms with Crippen LogP contribution in [0.4, 0.5) is 18.9 Å². The third-order valence-corrected chi connectivity index (χ3v) is 5.23. The Labute approximate surface area is 180 Å². The molecule has 0 atom stereocenters. The van der Waals surface area contributed by atoms with Crippen molar-refractivity contribution < 1.29 is 22.7 Å². The summed E-state index contributed by atoms with van der Waals surface area (Å²) in [7, 11) is 0. The molecule has 31 heavy (non-hydrogen) atoms. The number of thiazole rings is 1. The second-order valence-corrected chi connectivity index (χ2v) is 7.41. The fourth-order valence-corrected chi connectivity index (χ4v) is 3.55. The van der Waals surface area contributed by atoms with Crippen molar-refractivity contribution in [3.05, 3.63) is 101 Å². The Bertz CT molecular complexity index is 1210. The van der Waals surface area contributed by atoms with Crippen LogP contribution in [0.5, 0.6) is 5.75 Å². The van der Waals surface area contributed by atoms with Gasteiger partial charge in [-0.2, -0.15) is 0 Å². The van der Waals surface area contributed by atoms with E-state index in [2.05, 4.69) is 10.3 Å². The molecule has 1 heterocycles. The predicted molar refractivity (Wildman–Crippen MR) is 113 cm³/mol. The number of carbonyl (C=O) groups is 1. The first-order valence-corrected chi connectivity index (χ1v) is 10.1. The highest BCUT2D eigenvalue weighted by molar-refractivity contribution is 7.13. The smallest absolute Gasteiger partial charge is 0.275 e. The Morgan fingerprint density at radius 1 is 0.935 bits per heavy atom. The van der Waals surface area contributed by atoms with Gasteiger partial charge < -0.3 is 10.1 Å². The van der Waals surface area contributed by atoms with Crippen LogP contribution >= 0.6 is 11.3 Å². The third-order valence-electron chi connectivity index (χ3n) is 4.34. The number of hydrogen-bond acceptors (Lipinski definition) is 4. The largest absolute Gasteiger partial charge is 0.489 e. The van der Waals surface area contributed by atoms with Crippen molar-refractivity contribution in [2.45, 2.75) is 6.61 Å². The minimum Gasteiger partial charge on any atom is -0.489 e. The minimum atomic E-state index is -0.535. The molecule has 1 aromatic heterocycles. The average molecular weight is 440 g/mol. The summed E-state index contributed by atoms with van der Waals surface area (Å²) < 4.78 is 45.4. The molecule has 0 spiro atoms. The zero-order chi connectivity index (χ0) is 21.8. The maximum atomic E-state index is 13.7. The predicted octanol–water partition coefficient (Wildman–Crippen LogP) is 6.06. The van der Waals surface area contributed by atoms with E-state index in [4.69, 9.17) is 4.74 Å². The van der Waals surface area contributed by atoms with Crippen LogP contribution in [0.25, 0.3) is 10.6 Å². The van der Waals surface area contributed by atoms with E-state index in [1.54, 1.807) is 29.6 Å². The van der Waals surface area contributed by atoms with E-state index in [1.807, 2.05) is 0 Å². The second-order valence-electron chi connectivity index (χ2n) is 6.55. The van der Waals surface area contributed by atoms with Crippen LogP contribution in [0.3, 0.4) is 0 Å². The summed E-state index contributed by atoms with van der Waals surface area (Å²) in [5, 5.41) is 4.92. The van der Waals surface area contributed by atoms with Crippen molar-refractivity contribution in [2.75, 3.05) is 5.32 Å². The number of benzene rings is 3. The summed E-state index contributed by atoms with van der Waals surface area (Å²) in [6, 6.07) is 15.6.